The van der Waals surface area contributed by atoms with Gasteiger partial charge in [-0.15, -0.1) is 0 Å². The number of halogens is 1. The Morgan fingerprint density at radius 2 is 1.87 bits per heavy atom. The number of carbonyl (C=O) groups is 1. The molecule has 1 saturated heterocycles. The van der Waals surface area contributed by atoms with Crippen LogP contribution in [0, 0.1) is 0 Å². The van der Waals surface area contributed by atoms with E-state index in [1.807, 2.05) is 39.8 Å². The lowest BCUT2D eigenvalue weighted by atomic mass is 9.77. The van der Waals surface area contributed by atoms with Crippen LogP contribution in [0.25, 0.3) is 10.9 Å². The van der Waals surface area contributed by atoms with Crippen molar-refractivity contribution >= 4 is 29.6 Å². The number of alkyl carbamates (subject to hydrolysis) is 1. The number of benzene rings is 1. The summed E-state index contributed by atoms with van der Waals surface area (Å²) in [6.07, 6.45) is -0.518. The molecule has 0 bridgehead atoms. The van der Waals surface area contributed by atoms with Crippen molar-refractivity contribution in [1.29, 1.82) is 0 Å². The molecule has 1 atom stereocenters. The Kier molecular flexibility index (Phi) is 5.86. The summed E-state index contributed by atoms with van der Waals surface area (Å²) >= 11 is 0. The van der Waals surface area contributed by atoms with Crippen LogP contribution in [0.1, 0.15) is 60.2 Å². The Balaban J connectivity index is 1.88. The molecule has 3 rings (SSSR count). The van der Waals surface area contributed by atoms with Crippen molar-refractivity contribution in [2.24, 2.45) is 0 Å². The first kappa shape index (κ1) is 22.5. The fourth-order valence-electron chi connectivity index (χ4n) is 3.20. The molecule has 1 aromatic carbocycles. The Morgan fingerprint density at radius 1 is 1.23 bits per heavy atom. The number of aromatic nitrogens is 1. The SMILES string of the molecule is CC(C)(C)OC(=O)NCC(F)c1cc(B2OC(C)(C)C(C)(C)O2)cc2cccnc12. The van der Waals surface area contributed by atoms with Gasteiger partial charge in [-0.3, -0.25) is 4.98 Å². The standard InChI is InChI=1S/C22H30BFN2O4/c1-20(2,3)28-19(27)26-13-17(24)16-12-15(11-14-9-8-10-25-18(14)16)23-29-21(4,5)22(6,7)30-23/h8-12,17H,13H2,1-7H3,(H,26,27). The third kappa shape index (κ3) is 4.76. The summed E-state index contributed by atoms with van der Waals surface area (Å²) in [4.78, 5) is 16.3. The van der Waals surface area contributed by atoms with Crippen molar-refractivity contribution in [3.8, 4) is 0 Å². The minimum Gasteiger partial charge on any atom is -0.444 e. The second kappa shape index (κ2) is 7.82. The number of pyridine rings is 1. The number of hydrogen-bond acceptors (Lipinski definition) is 5. The van der Waals surface area contributed by atoms with E-state index < -0.39 is 36.2 Å². The first-order chi connectivity index (χ1) is 13.8. The van der Waals surface area contributed by atoms with Gasteiger partial charge in [0.1, 0.15) is 11.8 Å². The molecular formula is C22H30BFN2O4. The Hall–Kier alpha value is -2.19. The van der Waals surface area contributed by atoms with E-state index in [0.29, 0.717) is 16.5 Å². The minimum atomic E-state index is -1.47. The van der Waals surface area contributed by atoms with Gasteiger partial charge in [-0.2, -0.15) is 0 Å². The van der Waals surface area contributed by atoms with Crippen molar-refractivity contribution in [3.63, 3.8) is 0 Å². The third-order valence-electron chi connectivity index (χ3n) is 5.44. The third-order valence-corrected chi connectivity index (χ3v) is 5.44. The molecule has 2 aromatic rings. The first-order valence-corrected chi connectivity index (χ1v) is 10.1. The summed E-state index contributed by atoms with van der Waals surface area (Å²) in [5.74, 6) is 0. The Morgan fingerprint density at radius 3 is 2.47 bits per heavy atom. The zero-order valence-corrected chi connectivity index (χ0v) is 18.7. The molecule has 30 heavy (non-hydrogen) atoms. The fourth-order valence-corrected chi connectivity index (χ4v) is 3.20. The zero-order valence-electron chi connectivity index (χ0n) is 18.7. The monoisotopic (exact) mass is 416 g/mol. The highest BCUT2D eigenvalue weighted by Crippen LogP contribution is 2.37. The molecule has 1 aliphatic heterocycles. The molecule has 0 saturated carbocycles. The Bertz CT molecular complexity index is 926. The van der Waals surface area contributed by atoms with E-state index in [1.165, 1.54) is 0 Å². The van der Waals surface area contributed by atoms with E-state index in [4.69, 9.17) is 14.0 Å². The molecule has 8 heteroatoms. The van der Waals surface area contributed by atoms with E-state index in [0.717, 1.165) is 5.39 Å². The van der Waals surface area contributed by atoms with Gasteiger partial charge in [0, 0.05) is 17.1 Å². The molecule has 162 valence electrons. The van der Waals surface area contributed by atoms with Crippen molar-refractivity contribution in [1.82, 2.24) is 10.3 Å². The van der Waals surface area contributed by atoms with Gasteiger partial charge >= 0.3 is 13.2 Å². The molecule has 0 radical (unpaired) electrons. The highest BCUT2D eigenvalue weighted by Gasteiger charge is 2.51. The Labute approximate surface area is 177 Å². The van der Waals surface area contributed by atoms with Gasteiger partial charge in [0.25, 0.3) is 0 Å². The van der Waals surface area contributed by atoms with Crippen LogP contribution >= 0.6 is 0 Å². The predicted molar refractivity (Wildman–Crippen MR) is 116 cm³/mol. The van der Waals surface area contributed by atoms with Crippen LogP contribution in [0.2, 0.25) is 0 Å². The van der Waals surface area contributed by atoms with Gasteiger partial charge in [0.05, 0.1) is 23.3 Å². The number of nitrogens with one attached hydrogen (secondary N) is 1. The lowest BCUT2D eigenvalue weighted by Crippen LogP contribution is -2.41. The number of nitrogens with zero attached hydrogens (tertiary/aromatic N) is 1. The number of hydrogen-bond donors (Lipinski definition) is 1. The molecule has 1 amide bonds. The summed E-state index contributed by atoms with van der Waals surface area (Å²) in [6, 6.07) is 7.28. The molecule has 2 heterocycles. The number of carbonyl (C=O) groups excluding carboxylic acids is 1. The average Bonchev–Trinajstić information content (AvgIpc) is 2.85. The molecule has 1 N–H and O–H groups in total. The summed E-state index contributed by atoms with van der Waals surface area (Å²) in [6.45, 7) is 12.9. The minimum absolute atomic E-state index is 0.229. The van der Waals surface area contributed by atoms with E-state index in [-0.39, 0.29) is 6.54 Å². The summed E-state index contributed by atoms with van der Waals surface area (Å²) < 4.78 is 32.7. The van der Waals surface area contributed by atoms with Gasteiger partial charge in [-0.25, -0.2) is 9.18 Å². The lowest BCUT2D eigenvalue weighted by Gasteiger charge is -2.32. The van der Waals surface area contributed by atoms with Gasteiger partial charge in [0.2, 0.25) is 0 Å². The van der Waals surface area contributed by atoms with E-state index >= 15 is 4.39 Å². The molecule has 1 fully saturated rings. The van der Waals surface area contributed by atoms with Gasteiger partial charge < -0.3 is 19.4 Å². The number of ether oxygens (including phenoxy) is 1. The smallest absolute Gasteiger partial charge is 0.444 e. The number of fused-ring (bicyclic) bond motifs is 1. The van der Waals surface area contributed by atoms with Crippen LogP contribution in [-0.2, 0) is 14.0 Å². The van der Waals surface area contributed by atoms with Crippen LogP contribution in [-0.4, -0.2) is 41.5 Å². The van der Waals surface area contributed by atoms with Crippen LogP contribution in [0.5, 0.6) is 0 Å². The molecule has 1 aliphatic rings. The van der Waals surface area contributed by atoms with E-state index in [9.17, 15) is 4.79 Å². The van der Waals surface area contributed by atoms with Gasteiger partial charge in [-0.05, 0) is 60.0 Å². The number of rotatable bonds is 4. The summed E-state index contributed by atoms with van der Waals surface area (Å²) in [5.41, 5.74) is -0.0420. The fraction of sp³-hybridized carbons (Fsp3) is 0.545. The van der Waals surface area contributed by atoms with Crippen LogP contribution in [0.3, 0.4) is 0 Å². The van der Waals surface area contributed by atoms with E-state index in [1.54, 1.807) is 39.1 Å². The second-order valence-corrected chi connectivity index (χ2v) is 9.62. The highest BCUT2D eigenvalue weighted by atomic mass is 19.1. The maximum Gasteiger partial charge on any atom is 0.494 e. The maximum atomic E-state index is 15.2. The highest BCUT2D eigenvalue weighted by molar-refractivity contribution is 6.62. The van der Waals surface area contributed by atoms with Crippen LogP contribution < -0.4 is 10.8 Å². The summed E-state index contributed by atoms with van der Waals surface area (Å²) in [5, 5.41) is 3.27. The maximum absolute atomic E-state index is 15.2. The predicted octanol–water partition coefficient (Wildman–Crippen LogP) is 4.07. The van der Waals surface area contributed by atoms with E-state index in [2.05, 4.69) is 10.3 Å². The number of alkyl halides is 1. The molecule has 1 unspecified atom stereocenters. The molecular weight excluding hydrogens is 386 g/mol. The van der Waals surface area contributed by atoms with Crippen LogP contribution in [0.4, 0.5) is 9.18 Å². The first-order valence-electron chi connectivity index (χ1n) is 10.1. The molecule has 6 nitrogen and oxygen atoms in total. The molecule has 1 aromatic heterocycles. The zero-order chi connectivity index (χ0) is 22.3. The largest absolute Gasteiger partial charge is 0.494 e. The van der Waals surface area contributed by atoms with Crippen molar-refractivity contribution in [2.75, 3.05) is 6.54 Å². The van der Waals surface area contributed by atoms with Gasteiger partial charge in [0.15, 0.2) is 0 Å². The summed E-state index contributed by atoms with van der Waals surface area (Å²) in [7, 11) is -0.621. The van der Waals surface area contributed by atoms with Crippen molar-refractivity contribution < 1.29 is 23.2 Å². The molecule has 0 spiro atoms. The van der Waals surface area contributed by atoms with Crippen molar-refractivity contribution in [3.05, 3.63) is 36.0 Å². The topological polar surface area (TPSA) is 69.7 Å². The lowest BCUT2D eigenvalue weighted by molar-refractivity contribution is 0.00578. The normalized spacial score (nSPS) is 19.0. The number of amides is 1. The quantitative estimate of drug-likeness (QED) is 0.761. The van der Waals surface area contributed by atoms with Crippen LogP contribution in [0.15, 0.2) is 30.5 Å². The van der Waals surface area contributed by atoms with Crippen molar-refractivity contribution in [2.45, 2.75) is 71.4 Å². The molecule has 0 aliphatic carbocycles. The average molecular weight is 416 g/mol. The van der Waals surface area contributed by atoms with Gasteiger partial charge in [-0.1, -0.05) is 18.2 Å². The second-order valence-electron chi connectivity index (χ2n) is 9.62.